The van der Waals surface area contributed by atoms with E-state index in [4.69, 9.17) is 20.8 Å². The zero-order valence-electron chi connectivity index (χ0n) is 15.9. The average Bonchev–Trinajstić information content (AvgIpc) is 3.18. The van der Waals surface area contributed by atoms with Gasteiger partial charge in [-0.2, -0.15) is 5.10 Å². The average molecular weight is 411 g/mol. The minimum Gasteiger partial charge on any atom is -0.462 e. The summed E-state index contributed by atoms with van der Waals surface area (Å²) in [5, 5.41) is 4.22. The summed E-state index contributed by atoms with van der Waals surface area (Å²) in [6.07, 6.45) is 1.40. The molecule has 6 nitrogen and oxygen atoms in total. The van der Waals surface area contributed by atoms with Gasteiger partial charge in [0.2, 0.25) is 0 Å². The van der Waals surface area contributed by atoms with E-state index in [0.717, 1.165) is 5.56 Å². The minimum absolute atomic E-state index is 0.259. The van der Waals surface area contributed by atoms with E-state index in [2.05, 4.69) is 10.5 Å². The molecule has 148 valence electrons. The van der Waals surface area contributed by atoms with Crippen molar-refractivity contribution in [3.63, 3.8) is 0 Å². The van der Waals surface area contributed by atoms with Crippen LogP contribution in [0.2, 0.25) is 5.02 Å². The Morgan fingerprint density at radius 3 is 2.62 bits per heavy atom. The number of halogens is 1. The molecule has 29 heavy (non-hydrogen) atoms. The van der Waals surface area contributed by atoms with E-state index in [-0.39, 0.29) is 18.1 Å². The van der Waals surface area contributed by atoms with Crippen molar-refractivity contribution < 1.29 is 18.7 Å². The highest BCUT2D eigenvalue weighted by molar-refractivity contribution is 6.33. The number of hydrazone groups is 1. The van der Waals surface area contributed by atoms with Gasteiger partial charge in [0.15, 0.2) is 0 Å². The van der Waals surface area contributed by atoms with E-state index in [1.165, 1.54) is 6.21 Å². The van der Waals surface area contributed by atoms with E-state index in [1.807, 2.05) is 19.1 Å². The number of aryl methyl sites for hydroxylation is 1. The second-order valence-corrected chi connectivity index (χ2v) is 6.59. The molecule has 7 heteroatoms. The van der Waals surface area contributed by atoms with Crippen LogP contribution in [0, 0.1) is 6.92 Å². The number of furan rings is 1. The molecule has 0 aliphatic heterocycles. The molecule has 1 aromatic heterocycles. The number of nitrogens with one attached hydrogen (secondary N) is 1. The van der Waals surface area contributed by atoms with Crippen molar-refractivity contribution in [2.45, 2.75) is 13.8 Å². The predicted octanol–water partition coefficient (Wildman–Crippen LogP) is 4.85. The van der Waals surface area contributed by atoms with E-state index in [1.54, 1.807) is 49.4 Å². The Morgan fingerprint density at radius 1 is 1.14 bits per heavy atom. The lowest BCUT2D eigenvalue weighted by molar-refractivity contribution is 0.0526. The number of ether oxygens (including phenoxy) is 1. The van der Waals surface area contributed by atoms with Crippen LogP contribution in [0.25, 0.3) is 11.3 Å². The van der Waals surface area contributed by atoms with Gasteiger partial charge in [0, 0.05) is 11.1 Å². The molecule has 0 atom stereocenters. The monoisotopic (exact) mass is 410 g/mol. The number of benzene rings is 2. The predicted molar refractivity (Wildman–Crippen MR) is 111 cm³/mol. The van der Waals surface area contributed by atoms with E-state index >= 15 is 0 Å². The summed E-state index contributed by atoms with van der Waals surface area (Å²) >= 11 is 6.08. The summed E-state index contributed by atoms with van der Waals surface area (Å²) in [5.74, 6) is 0.159. The van der Waals surface area contributed by atoms with Crippen LogP contribution in [-0.2, 0) is 4.74 Å². The first-order chi connectivity index (χ1) is 14.0. The lowest BCUT2D eigenvalue weighted by atomic mass is 10.1. The second kappa shape index (κ2) is 9.21. The molecule has 0 bridgehead atoms. The molecule has 1 amide bonds. The quantitative estimate of drug-likeness (QED) is 0.358. The zero-order chi connectivity index (χ0) is 20.8. The third-order valence-electron chi connectivity index (χ3n) is 4.04. The van der Waals surface area contributed by atoms with Gasteiger partial charge < -0.3 is 9.15 Å². The summed E-state index contributed by atoms with van der Waals surface area (Å²) in [7, 11) is 0. The van der Waals surface area contributed by atoms with E-state index in [0.29, 0.717) is 27.7 Å². The molecular formula is C22H19ClN2O4. The number of carbonyl (C=O) groups is 2. The van der Waals surface area contributed by atoms with Gasteiger partial charge in [0.25, 0.3) is 5.91 Å². The summed E-state index contributed by atoms with van der Waals surface area (Å²) in [6.45, 7) is 3.94. The highest BCUT2D eigenvalue weighted by atomic mass is 35.5. The molecule has 0 saturated carbocycles. The fourth-order valence-corrected chi connectivity index (χ4v) is 2.74. The third-order valence-corrected chi connectivity index (χ3v) is 4.37. The molecule has 0 aliphatic rings. The summed E-state index contributed by atoms with van der Waals surface area (Å²) in [5.41, 5.74) is 4.97. The van der Waals surface area contributed by atoms with Gasteiger partial charge in [-0.05, 0) is 56.3 Å². The number of esters is 1. The van der Waals surface area contributed by atoms with E-state index in [9.17, 15) is 9.59 Å². The first kappa shape index (κ1) is 20.4. The van der Waals surface area contributed by atoms with Crippen molar-refractivity contribution in [3.05, 3.63) is 82.1 Å². The standard InChI is InChI=1S/C22H19ClN2O4/c1-3-28-22(27)18-12-16(8-10-19(18)23)20-11-9-17(29-20)13-24-25-21(26)15-6-4-14(2)5-7-15/h4-13H,3H2,1-2H3,(H,25,26)/b24-13-. The number of hydrogen-bond donors (Lipinski definition) is 1. The Balaban J connectivity index is 1.70. The molecular weight excluding hydrogens is 392 g/mol. The SMILES string of the molecule is CCOC(=O)c1cc(-c2ccc(/C=N\NC(=O)c3ccc(C)cc3)o2)ccc1Cl. The number of rotatable bonds is 6. The van der Waals surface area contributed by atoms with Crippen molar-refractivity contribution >= 4 is 29.7 Å². The van der Waals surface area contributed by atoms with Crippen molar-refractivity contribution in [2.75, 3.05) is 6.61 Å². The van der Waals surface area contributed by atoms with Gasteiger partial charge in [-0.1, -0.05) is 29.3 Å². The highest BCUT2D eigenvalue weighted by Crippen LogP contribution is 2.27. The minimum atomic E-state index is -0.494. The van der Waals surface area contributed by atoms with Crippen LogP contribution in [0.3, 0.4) is 0 Å². The zero-order valence-corrected chi connectivity index (χ0v) is 16.7. The Hall–Kier alpha value is -3.38. The van der Waals surface area contributed by atoms with Gasteiger partial charge in [0.1, 0.15) is 11.5 Å². The topological polar surface area (TPSA) is 80.9 Å². The number of carbonyl (C=O) groups excluding carboxylic acids is 2. The molecule has 3 aromatic rings. The molecule has 0 fully saturated rings. The van der Waals surface area contributed by atoms with Crippen molar-refractivity contribution in [3.8, 4) is 11.3 Å². The maximum absolute atomic E-state index is 12.0. The van der Waals surface area contributed by atoms with Crippen molar-refractivity contribution in [2.24, 2.45) is 5.10 Å². The normalized spacial score (nSPS) is 10.9. The van der Waals surface area contributed by atoms with Crippen molar-refractivity contribution in [1.29, 1.82) is 0 Å². The fraction of sp³-hybridized carbons (Fsp3) is 0.136. The fourth-order valence-electron chi connectivity index (χ4n) is 2.55. The van der Waals surface area contributed by atoms with Gasteiger partial charge in [-0.25, -0.2) is 10.2 Å². The largest absolute Gasteiger partial charge is 0.462 e. The van der Waals surface area contributed by atoms with Crippen LogP contribution in [0.5, 0.6) is 0 Å². The molecule has 0 unspecified atom stereocenters. The van der Waals surface area contributed by atoms with Gasteiger partial charge in [-0.3, -0.25) is 4.79 Å². The maximum atomic E-state index is 12.0. The Morgan fingerprint density at radius 2 is 1.90 bits per heavy atom. The number of hydrogen-bond acceptors (Lipinski definition) is 5. The van der Waals surface area contributed by atoms with Gasteiger partial charge in [-0.15, -0.1) is 0 Å². The Labute approximate surface area is 173 Å². The maximum Gasteiger partial charge on any atom is 0.339 e. The van der Waals surface area contributed by atoms with Crippen molar-refractivity contribution in [1.82, 2.24) is 5.43 Å². The molecule has 0 aliphatic carbocycles. The highest BCUT2D eigenvalue weighted by Gasteiger charge is 2.14. The summed E-state index contributed by atoms with van der Waals surface area (Å²) in [4.78, 5) is 24.0. The first-order valence-electron chi connectivity index (χ1n) is 8.95. The van der Waals surface area contributed by atoms with Crippen LogP contribution >= 0.6 is 11.6 Å². The molecule has 0 spiro atoms. The summed E-state index contributed by atoms with van der Waals surface area (Å²) < 4.78 is 10.7. The lowest BCUT2D eigenvalue weighted by Crippen LogP contribution is -2.17. The number of amides is 1. The first-order valence-corrected chi connectivity index (χ1v) is 9.32. The van der Waals surface area contributed by atoms with Crippen LogP contribution in [0.15, 0.2) is 64.1 Å². The smallest absolute Gasteiger partial charge is 0.339 e. The number of nitrogens with zero attached hydrogens (tertiary/aromatic N) is 1. The van der Waals surface area contributed by atoms with Crippen LogP contribution in [0.1, 0.15) is 39.0 Å². The Kier molecular flexibility index (Phi) is 6.46. The molecule has 3 rings (SSSR count). The molecule has 1 heterocycles. The third kappa shape index (κ3) is 5.12. The van der Waals surface area contributed by atoms with Gasteiger partial charge in [0.05, 0.1) is 23.4 Å². The van der Waals surface area contributed by atoms with Crippen LogP contribution < -0.4 is 5.43 Å². The molecule has 2 aromatic carbocycles. The second-order valence-electron chi connectivity index (χ2n) is 6.18. The van der Waals surface area contributed by atoms with Crippen LogP contribution in [-0.4, -0.2) is 24.7 Å². The van der Waals surface area contributed by atoms with Crippen LogP contribution in [0.4, 0.5) is 0 Å². The lowest BCUT2D eigenvalue weighted by Gasteiger charge is -2.05. The van der Waals surface area contributed by atoms with Gasteiger partial charge >= 0.3 is 5.97 Å². The molecule has 0 saturated heterocycles. The molecule has 1 N–H and O–H groups in total. The Bertz CT molecular complexity index is 1050. The summed E-state index contributed by atoms with van der Waals surface area (Å²) in [6, 6.07) is 15.6. The molecule has 0 radical (unpaired) electrons. The van der Waals surface area contributed by atoms with E-state index < -0.39 is 5.97 Å².